The van der Waals surface area contributed by atoms with Gasteiger partial charge in [-0.2, -0.15) is 0 Å². The molecule has 3 saturated carbocycles. The lowest BCUT2D eigenvalue weighted by molar-refractivity contribution is -0.141. The third kappa shape index (κ3) is 46.1. The Morgan fingerprint density at radius 3 is 1.48 bits per heavy atom. The fourth-order valence-electron chi connectivity index (χ4n) is 7.81. The zero-order valence-corrected chi connectivity index (χ0v) is 53.5. The van der Waals surface area contributed by atoms with Gasteiger partial charge in [-0.05, 0) is 157 Å². The lowest BCUT2D eigenvalue weighted by Crippen LogP contribution is -2.53. The van der Waals surface area contributed by atoms with Gasteiger partial charge >= 0.3 is 31.0 Å². The highest BCUT2D eigenvalue weighted by atomic mass is 79.9. The predicted octanol–water partition coefficient (Wildman–Crippen LogP) is 13.6. The molecular weight excluding hydrogens is 1200 g/mol. The molecule has 6 atom stereocenters. The summed E-state index contributed by atoms with van der Waals surface area (Å²) in [5.41, 5.74) is -0.301. The van der Waals surface area contributed by atoms with Gasteiger partial charge in [0.15, 0.2) is 0 Å². The smallest absolute Gasteiger partial charge is 0.469 e. The Labute approximate surface area is 477 Å². The molecule has 1 heterocycles. The van der Waals surface area contributed by atoms with Gasteiger partial charge in [-0.25, -0.2) is 0 Å². The third-order valence-electron chi connectivity index (χ3n) is 11.6. The van der Waals surface area contributed by atoms with Crippen molar-refractivity contribution in [1.29, 1.82) is 0 Å². The van der Waals surface area contributed by atoms with Crippen LogP contribution in [0.25, 0.3) is 0 Å². The second-order valence-corrected chi connectivity index (χ2v) is 23.7. The van der Waals surface area contributed by atoms with E-state index < -0.39 is 11.7 Å². The molecule has 4 fully saturated rings. The van der Waals surface area contributed by atoms with E-state index in [0.717, 1.165) is 95.2 Å². The number of halogens is 4. The Balaban J connectivity index is -0.000000396. The van der Waals surface area contributed by atoms with Gasteiger partial charge in [0.2, 0.25) is 0 Å². The second-order valence-electron chi connectivity index (χ2n) is 19.9. The van der Waals surface area contributed by atoms with Gasteiger partial charge in [0, 0.05) is 64.9 Å². The summed E-state index contributed by atoms with van der Waals surface area (Å²) in [7, 11) is 11.3. The predicted molar refractivity (Wildman–Crippen MR) is 312 cm³/mol. The summed E-state index contributed by atoms with van der Waals surface area (Å²) >= 11 is 13.1. The molecule has 2 radical (unpaired) electrons. The molecule has 6 unspecified atom stereocenters. The molecular formula is C54H92B2Br4O13. The van der Waals surface area contributed by atoms with Crippen LogP contribution in [0.2, 0.25) is 5.82 Å². The lowest BCUT2D eigenvalue weighted by atomic mass is 9.41. The van der Waals surface area contributed by atoms with Crippen LogP contribution in [-0.4, -0.2) is 107 Å². The summed E-state index contributed by atoms with van der Waals surface area (Å²) in [5, 5.41) is 17.8. The first kappa shape index (κ1) is 77.7. The van der Waals surface area contributed by atoms with Crippen molar-refractivity contribution in [2.75, 3.05) is 28.4 Å². The highest BCUT2D eigenvalue weighted by Crippen LogP contribution is 2.63. The largest absolute Gasteiger partial charge is 0.501 e. The van der Waals surface area contributed by atoms with Gasteiger partial charge in [-0.3, -0.25) is 19.2 Å². The Kier molecular flexibility index (Phi) is 48.2. The van der Waals surface area contributed by atoms with Crippen LogP contribution >= 0.6 is 63.7 Å². The Bertz CT molecular complexity index is 1640. The van der Waals surface area contributed by atoms with E-state index in [1.807, 2.05) is 32.1 Å². The number of hydrogen-bond donors (Lipinski definition) is 2. The van der Waals surface area contributed by atoms with Crippen LogP contribution in [0.4, 0.5) is 0 Å². The second kappa shape index (κ2) is 45.3. The summed E-state index contributed by atoms with van der Waals surface area (Å²) in [6, 6.07) is 0. The van der Waals surface area contributed by atoms with Crippen molar-refractivity contribution in [3.05, 3.63) is 31.6 Å². The molecule has 0 aromatic heterocycles. The van der Waals surface area contributed by atoms with Crippen molar-refractivity contribution in [2.24, 2.45) is 23.2 Å². The van der Waals surface area contributed by atoms with Gasteiger partial charge in [0.1, 0.15) is 6.29 Å². The van der Waals surface area contributed by atoms with E-state index in [4.69, 9.17) is 32.2 Å². The van der Waals surface area contributed by atoms with Crippen LogP contribution < -0.4 is 0 Å². The highest BCUT2D eigenvalue weighted by molar-refractivity contribution is 9.12. The molecule has 2 bridgehead atoms. The van der Waals surface area contributed by atoms with Crippen molar-refractivity contribution in [3.63, 3.8) is 0 Å². The minimum atomic E-state index is -0.728. The van der Waals surface area contributed by atoms with Crippen LogP contribution in [0.5, 0.6) is 0 Å². The lowest BCUT2D eigenvalue weighted by Gasteiger charge is -2.62. The number of carbonyl (C=O) groups is 5. The maximum absolute atomic E-state index is 11.0. The third-order valence-corrected chi connectivity index (χ3v) is 13.2. The SMILES string of the molecule is CC(O)CC(C)(C)O.CC=O.COC(=O)CCC/C=C(/C)Br.COC(=O)CCC/C=C(/C)Br.COC(=O)CCC/C=C(\Br)B1OC(C)CC(C)(C)O1.COC(=O)CCCC#CBr.[B]C1CC2CC(C1C)C2(C)C. The number of aldehydes is 1. The molecule has 3 aliphatic carbocycles. The average Bonchev–Trinajstić information content (AvgIpc) is 3.29. The van der Waals surface area contributed by atoms with Gasteiger partial charge in [-0.15, -0.1) is 0 Å². The molecule has 4 rings (SSSR count). The van der Waals surface area contributed by atoms with E-state index in [2.05, 4.69) is 135 Å². The fraction of sp³-hybridized carbons (Fsp3) is 0.759. The van der Waals surface area contributed by atoms with Gasteiger partial charge in [0.25, 0.3) is 0 Å². The molecule has 19 heteroatoms. The number of rotatable bonds is 18. The van der Waals surface area contributed by atoms with Crippen LogP contribution in [0, 0.1) is 33.9 Å². The minimum Gasteiger partial charge on any atom is -0.469 e. The standard InChI is InChI=1S/C13H22BBrO4.C10H17B.2C8H13BrO2.C7H9BrO2.C6H14O2.C2H4O/c1-10-9-13(2,3)19-14(18-10)11(15)7-5-6-8-12(16)17-4;1-6-8-4-7(5-9(6)11)10(8,2)3;2*1-7(9)5-3-4-6-8(10)11-2;1-10-7(9)5-3-2-4-6-8;1-5(7)4-6(2,3)8;1-2-3/h7,10H,5-6,8-9H2,1-4H3;6-9H,4-5H2,1-3H3;2*5H,3-4,6H2,1-2H3;2-3,5H2,1H3;5,7-8H,4H2,1-3H3;2H,1H3/b11-7-;;2*7-5-;;;. The van der Waals surface area contributed by atoms with E-state index in [9.17, 15) is 19.2 Å². The number of fused-ring (bicyclic) bond motifs is 2. The van der Waals surface area contributed by atoms with Gasteiger partial charge < -0.3 is 43.3 Å². The molecule has 1 aliphatic heterocycles. The van der Waals surface area contributed by atoms with Crippen molar-refractivity contribution in [3.8, 4) is 10.8 Å². The van der Waals surface area contributed by atoms with Gasteiger partial charge in [0.05, 0.1) is 53.6 Å². The van der Waals surface area contributed by atoms with E-state index in [1.165, 1.54) is 48.2 Å². The first-order valence-electron chi connectivity index (χ1n) is 25.1. The number of unbranched alkanes of at least 4 members (excludes halogenated alkanes) is 4. The average molecular weight is 1290 g/mol. The Hall–Kier alpha value is -1.78. The number of hydrogen-bond acceptors (Lipinski definition) is 13. The molecule has 73 heavy (non-hydrogen) atoms. The molecule has 13 nitrogen and oxygen atoms in total. The van der Waals surface area contributed by atoms with E-state index in [-0.39, 0.29) is 42.7 Å². The fourth-order valence-corrected chi connectivity index (χ4v) is 8.89. The van der Waals surface area contributed by atoms with Crippen LogP contribution in [-0.2, 0) is 52.2 Å². The van der Waals surface area contributed by atoms with Gasteiger partial charge in [-0.1, -0.05) is 105 Å². The monoisotopic (exact) mass is 1290 g/mol. The normalized spacial score (nSPS) is 20.5. The van der Waals surface area contributed by atoms with E-state index in [1.54, 1.807) is 20.8 Å². The number of aliphatic hydroxyl groups is 2. The van der Waals surface area contributed by atoms with Crippen molar-refractivity contribution < 1.29 is 62.4 Å². The maximum Gasteiger partial charge on any atom is 0.501 e. The summed E-state index contributed by atoms with van der Waals surface area (Å²) < 4.78 is 32.7. The molecule has 0 aromatic carbocycles. The van der Waals surface area contributed by atoms with Crippen molar-refractivity contribution >= 4 is 109 Å². The molecule has 0 amide bonds. The van der Waals surface area contributed by atoms with Crippen molar-refractivity contribution in [2.45, 2.75) is 215 Å². The maximum atomic E-state index is 11.0. The molecule has 2 N–H and O–H groups in total. The number of esters is 4. The minimum absolute atomic E-state index is 0.134. The van der Waals surface area contributed by atoms with Crippen molar-refractivity contribution in [1.82, 2.24) is 0 Å². The van der Waals surface area contributed by atoms with E-state index in [0.29, 0.717) is 43.3 Å². The Morgan fingerprint density at radius 2 is 1.19 bits per heavy atom. The molecule has 0 spiro atoms. The number of carbonyl (C=O) groups excluding carboxylic acids is 5. The number of aliphatic hydroxyl groups excluding tert-OH is 1. The van der Waals surface area contributed by atoms with Crippen LogP contribution in [0.1, 0.15) is 186 Å². The first-order chi connectivity index (χ1) is 33.8. The van der Waals surface area contributed by atoms with E-state index >= 15 is 0 Å². The zero-order valence-electron chi connectivity index (χ0n) is 47.1. The summed E-state index contributed by atoms with van der Waals surface area (Å²) in [6.45, 7) is 23.7. The molecule has 420 valence electrons. The zero-order chi connectivity index (χ0) is 57.4. The molecule has 4 aliphatic rings. The summed E-state index contributed by atoms with van der Waals surface area (Å²) in [5.74, 6) is 5.27. The summed E-state index contributed by atoms with van der Waals surface area (Å²) in [4.78, 5) is 54.1. The number of methoxy groups -OCH3 is 4. The highest BCUT2D eigenvalue weighted by Gasteiger charge is 2.54. The topological polar surface area (TPSA) is 181 Å². The summed E-state index contributed by atoms with van der Waals surface area (Å²) in [6.07, 6.45) is 19.1. The Morgan fingerprint density at radius 1 is 0.795 bits per heavy atom. The first-order valence-corrected chi connectivity index (χ1v) is 28.3. The number of allylic oxidation sites excluding steroid dienone is 5. The van der Waals surface area contributed by atoms with Crippen LogP contribution in [0.3, 0.4) is 0 Å². The number of ether oxygens (including phenoxy) is 4. The molecule has 0 aromatic rings. The van der Waals surface area contributed by atoms with Crippen LogP contribution in [0.15, 0.2) is 31.6 Å². The quantitative estimate of drug-likeness (QED) is 0.0331. The molecule has 1 saturated heterocycles.